The van der Waals surface area contributed by atoms with Gasteiger partial charge in [-0.05, 0) is 12.3 Å². The van der Waals surface area contributed by atoms with Gasteiger partial charge >= 0.3 is 5.97 Å². The van der Waals surface area contributed by atoms with Crippen LogP contribution in [0.2, 0.25) is 0 Å². The summed E-state index contributed by atoms with van der Waals surface area (Å²) in [4.78, 5) is 14.4. The number of carboxylic acid groups (broad SMARTS) is 1. The molecule has 0 aromatic carbocycles. The maximum atomic E-state index is 10.5. The molecule has 1 heterocycles. The van der Waals surface area contributed by atoms with Gasteiger partial charge in [-0.15, -0.1) is 11.8 Å². The summed E-state index contributed by atoms with van der Waals surface area (Å²) in [6, 6.07) is 4.03. The highest BCUT2D eigenvalue weighted by Gasteiger charge is 2.08. The molecule has 0 unspecified atom stereocenters. The molecule has 0 fully saturated rings. The van der Waals surface area contributed by atoms with Crippen molar-refractivity contribution in [3.05, 3.63) is 23.9 Å². The van der Waals surface area contributed by atoms with E-state index in [1.165, 1.54) is 24.0 Å². The lowest BCUT2D eigenvalue weighted by atomic mass is 10.3. The minimum absolute atomic E-state index is 0.208. The van der Waals surface area contributed by atoms with E-state index < -0.39 is 5.97 Å². The van der Waals surface area contributed by atoms with E-state index in [2.05, 4.69) is 11.1 Å². The fourth-order valence-electron chi connectivity index (χ4n) is 0.664. The smallest absolute Gasteiger partial charge is 0.338 e. The zero-order valence-corrected chi connectivity index (χ0v) is 6.68. The Morgan fingerprint density at radius 1 is 1.82 bits per heavy atom. The van der Waals surface area contributed by atoms with Crippen LogP contribution in [0.3, 0.4) is 0 Å². The zero-order valence-electron chi connectivity index (χ0n) is 5.87. The monoisotopic (exact) mass is 168 g/mol. The molecule has 57 valence electrons. The number of aromatic nitrogens is 1. The number of aromatic carboxylic acids is 1. The van der Waals surface area contributed by atoms with Crippen LogP contribution in [0.5, 0.6) is 0 Å². The third-order valence-electron chi connectivity index (χ3n) is 1.14. The second kappa shape index (κ2) is 3.39. The van der Waals surface area contributed by atoms with Gasteiger partial charge in [0.05, 0.1) is 5.56 Å². The van der Waals surface area contributed by atoms with Crippen molar-refractivity contribution in [2.24, 2.45) is 0 Å². The Morgan fingerprint density at radius 2 is 2.55 bits per heavy atom. The Morgan fingerprint density at radius 3 is 3.00 bits per heavy atom. The molecule has 4 heteroatoms. The minimum Gasteiger partial charge on any atom is -0.478 e. The Balaban J connectivity index is 3.12. The van der Waals surface area contributed by atoms with E-state index in [-0.39, 0.29) is 5.56 Å². The van der Waals surface area contributed by atoms with Gasteiger partial charge in [0, 0.05) is 12.3 Å². The Labute approximate surface area is 68.5 Å². The molecule has 0 saturated heterocycles. The molecule has 1 rings (SSSR count). The van der Waals surface area contributed by atoms with Crippen molar-refractivity contribution in [2.75, 3.05) is 6.26 Å². The van der Waals surface area contributed by atoms with Gasteiger partial charge in [-0.1, -0.05) is 0 Å². The van der Waals surface area contributed by atoms with E-state index in [0.29, 0.717) is 5.03 Å². The van der Waals surface area contributed by atoms with Crippen LogP contribution in [0.25, 0.3) is 0 Å². The molecule has 1 radical (unpaired) electrons. The summed E-state index contributed by atoms with van der Waals surface area (Å²) < 4.78 is 0. The largest absolute Gasteiger partial charge is 0.478 e. The first-order valence-electron chi connectivity index (χ1n) is 2.89. The average molecular weight is 168 g/mol. The van der Waals surface area contributed by atoms with Gasteiger partial charge in [0.25, 0.3) is 0 Å². The van der Waals surface area contributed by atoms with Crippen LogP contribution in [0.4, 0.5) is 0 Å². The van der Waals surface area contributed by atoms with E-state index in [9.17, 15) is 4.79 Å². The van der Waals surface area contributed by atoms with E-state index in [4.69, 9.17) is 5.11 Å². The van der Waals surface area contributed by atoms with Crippen LogP contribution in [-0.4, -0.2) is 22.3 Å². The number of rotatable bonds is 2. The molecule has 0 aliphatic heterocycles. The molecule has 11 heavy (non-hydrogen) atoms. The van der Waals surface area contributed by atoms with Gasteiger partial charge < -0.3 is 5.11 Å². The van der Waals surface area contributed by atoms with E-state index >= 15 is 0 Å². The second-order valence-corrected chi connectivity index (χ2v) is 2.59. The van der Waals surface area contributed by atoms with Crippen LogP contribution in [0, 0.1) is 6.07 Å². The highest BCUT2D eigenvalue weighted by atomic mass is 32.2. The fraction of sp³-hybridized carbons (Fsp3) is 0.143. The summed E-state index contributed by atoms with van der Waals surface area (Å²) in [5, 5.41) is 9.15. The summed E-state index contributed by atoms with van der Waals surface area (Å²) >= 11 is 1.31. The fourth-order valence-corrected chi connectivity index (χ4v) is 1.19. The maximum Gasteiger partial charge on any atom is 0.338 e. The van der Waals surface area contributed by atoms with Crippen molar-refractivity contribution in [1.82, 2.24) is 4.98 Å². The predicted molar refractivity (Wildman–Crippen MR) is 41.8 cm³/mol. The number of carboxylic acids is 1. The minimum atomic E-state index is -0.960. The summed E-state index contributed by atoms with van der Waals surface area (Å²) in [6.07, 6.45) is 3.24. The first-order chi connectivity index (χ1) is 5.25. The predicted octanol–water partition coefficient (Wildman–Crippen LogP) is 1.30. The topological polar surface area (TPSA) is 50.2 Å². The Bertz CT molecular complexity index is 275. The normalized spacial score (nSPS) is 9.55. The van der Waals surface area contributed by atoms with E-state index in [1.54, 1.807) is 6.26 Å². The summed E-state index contributed by atoms with van der Waals surface area (Å²) in [5.74, 6) is -0.960. The number of hydrogen-bond acceptors (Lipinski definition) is 3. The number of nitrogens with zero attached hydrogens (tertiary/aromatic N) is 1. The van der Waals surface area contributed by atoms with Crippen molar-refractivity contribution in [1.29, 1.82) is 0 Å². The van der Waals surface area contributed by atoms with Gasteiger partial charge in [0.15, 0.2) is 0 Å². The van der Waals surface area contributed by atoms with Crippen LogP contribution in [0.1, 0.15) is 10.4 Å². The molecule has 0 saturated carbocycles. The highest BCUT2D eigenvalue weighted by Crippen LogP contribution is 2.15. The quantitative estimate of drug-likeness (QED) is 0.676. The molecule has 0 aliphatic rings. The molecule has 1 N–H and O–H groups in total. The van der Waals surface area contributed by atoms with Gasteiger partial charge in [-0.3, -0.25) is 0 Å². The van der Waals surface area contributed by atoms with Crippen LogP contribution in [-0.2, 0) is 0 Å². The molecule has 3 nitrogen and oxygen atoms in total. The van der Waals surface area contributed by atoms with Gasteiger partial charge in [0.2, 0.25) is 0 Å². The summed E-state index contributed by atoms with van der Waals surface area (Å²) in [5.41, 5.74) is 0.208. The first-order valence-corrected chi connectivity index (χ1v) is 4.11. The Hall–Kier alpha value is -1.03. The molecule has 0 aliphatic carbocycles. The number of carbonyl (C=O) groups is 1. The molecule has 0 spiro atoms. The van der Waals surface area contributed by atoms with Crippen molar-refractivity contribution in [2.45, 2.75) is 5.03 Å². The second-order valence-electron chi connectivity index (χ2n) is 1.80. The molecule has 1 aromatic rings. The molecule has 0 bridgehead atoms. The van der Waals surface area contributed by atoms with Crippen LogP contribution >= 0.6 is 11.8 Å². The van der Waals surface area contributed by atoms with Crippen LogP contribution < -0.4 is 0 Å². The zero-order chi connectivity index (χ0) is 8.27. The van der Waals surface area contributed by atoms with E-state index in [1.807, 2.05) is 0 Å². The first kappa shape index (κ1) is 8.07. The molecular weight excluding hydrogens is 162 g/mol. The highest BCUT2D eigenvalue weighted by molar-refractivity contribution is 7.98. The number of pyridine rings is 1. The molecular formula is C7H6NO2S. The van der Waals surface area contributed by atoms with Gasteiger partial charge in [-0.2, -0.15) is 0 Å². The van der Waals surface area contributed by atoms with Crippen molar-refractivity contribution < 1.29 is 9.90 Å². The third-order valence-corrected chi connectivity index (χ3v) is 1.85. The standard InChI is InChI=1S/C7H6NO2S/c1-11-6-5(7(9)10)3-2-4-8-6/h3-4H,1H3,(H,9,10). The number of thioether (sulfide) groups is 1. The molecule has 1 aromatic heterocycles. The van der Waals surface area contributed by atoms with Gasteiger partial charge in [0.1, 0.15) is 5.03 Å². The lowest BCUT2D eigenvalue weighted by Crippen LogP contribution is -1.99. The summed E-state index contributed by atoms with van der Waals surface area (Å²) in [7, 11) is 0. The van der Waals surface area contributed by atoms with Crippen molar-refractivity contribution in [3.8, 4) is 0 Å². The lowest BCUT2D eigenvalue weighted by Gasteiger charge is -1.98. The SMILES string of the molecule is CSc1nc[c]cc1C(=O)O. The number of hydrogen-bond donors (Lipinski definition) is 1. The van der Waals surface area contributed by atoms with Crippen LogP contribution in [0.15, 0.2) is 17.3 Å². The average Bonchev–Trinajstić information content (AvgIpc) is 2.04. The maximum absolute atomic E-state index is 10.5. The summed E-state index contributed by atoms with van der Waals surface area (Å²) in [6.45, 7) is 0. The molecule has 0 amide bonds. The molecule has 0 atom stereocenters. The van der Waals surface area contributed by atoms with Gasteiger partial charge in [-0.25, -0.2) is 9.78 Å². The third kappa shape index (κ3) is 1.71. The van der Waals surface area contributed by atoms with Crippen molar-refractivity contribution >= 4 is 17.7 Å². The lowest BCUT2D eigenvalue weighted by molar-refractivity contribution is 0.0692. The van der Waals surface area contributed by atoms with E-state index in [0.717, 1.165) is 0 Å². The van der Waals surface area contributed by atoms with Crippen molar-refractivity contribution in [3.63, 3.8) is 0 Å². The Kier molecular flexibility index (Phi) is 2.48.